The molecule has 2 saturated heterocycles. The number of fused-ring (bicyclic) bond motifs is 3. The van der Waals surface area contributed by atoms with E-state index in [1.807, 2.05) is 0 Å². The van der Waals surface area contributed by atoms with E-state index in [4.69, 9.17) is 14.2 Å². The molecule has 0 aromatic heterocycles. The Morgan fingerprint density at radius 2 is 1.97 bits per heavy atom. The molecule has 4 rings (SSSR count). The van der Waals surface area contributed by atoms with Gasteiger partial charge in [-0.2, -0.15) is 0 Å². The van der Waals surface area contributed by atoms with Crippen LogP contribution in [0, 0.1) is 23.7 Å². The molecule has 1 N–H and O–H groups in total. The summed E-state index contributed by atoms with van der Waals surface area (Å²) in [6, 6.07) is 4.67. The maximum Gasteiger partial charge on any atom is 0.306 e. The highest BCUT2D eigenvalue weighted by atomic mass is 16.5. The van der Waals surface area contributed by atoms with E-state index in [1.54, 1.807) is 14.2 Å². The molecule has 0 bridgehead atoms. The molecular weight excluding hydrogens is 404 g/mol. The molecule has 4 unspecified atom stereocenters. The number of carbonyl (C=O) groups is 1. The number of ether oxygens (including phenoxy) is 3. The van der Waals surface area contributed by atoms with E-state index in [-0.39, 0.29) is 5.97 Å². The van der Waals surface area contributed by atoms with E-state index in [1.165, 1.54) is 17.5 Å². The van der Waals surface area contributed by atoms with Crippen LogP contribution in [0.1, 0.15) is 56.7 Å². The topological polar surface area (TPSA) is 60.0 Å². The van der Waals surface area contributed by atoms with Crippen molar-refractivity contribution in [1.82, 2.24) is 10.2 Å². The maximum atomic E-state index is 12.5. The predicted octanol–water partition coefficient (Wildman–Crippen LogP) is 3.83. The Kier molecular flexibility index (Phi) is 7.62. The second-order valence-corrected chi connectivity index (χ2v) is 10.3. The molecule has 3 aliphatic heterocycles. The molecule has 4 atom stereocenters. The summed E-state index contributed by atoms with van der Waals surface area (Å²) in [7, 11) is 3.40. The molecule has 178 valence electrons. The van der Waals surface area contributed by atoms with Crippen molar-refractivity contribution in [3.63, 3.8) is 0 Å². The molecule has 6 nitrogen and oxygen atoms in total. The van der Waals surface area contributed by atoms with Gasteiger partial charge in [-0.1, -0.05) is 13.8 Å². The standard InChI is InChI=1S/C26H40N2O4/c1-17(2)9-20-15-28-8-6-19-12-24(30-3)25(31-4)13-22(19)23(28)11-21(20)16-32-26(29)10-18-5-7-27-14-18/h12-13,17-18,20-21,23,27H,5-11,14-16H2,1-4H3. The Morgan fingerprint density at radius 3 is 2.66 bits per heavy atom. The van der Waals surface area contributed by atoms with Crippen LogP contribution in [0.4, 0.5) is 0 Å². The number of nitrogens with one attached hydrogen (secondary N) is 1. The molecule has 0 aliphatic carbocycles. The van der Waals surface area contributed by atoms with E-state index in [2.05, 4.69) is 36.2 Å². The van der Waals surface area contributed by atoms with Crippen LogP contribution in [0.2, 0.25) is 0 Å². The lowest BCUT2D eigenvalue weighted by molar-refractivity contribution is -0.147. The summed E-state index contributed by atoms with van der Waals surface area (Å²) in [6.07, 6.45) is 4.86. The van der Waals surface area contributed by atoms with E-state index in [9.17, 15) is 4.79 Å². The highest BCUT2D eigenvalue weighted by Crippen LogP contribution is 2.45. The highest BCUT2D eigenvalue weighted by molar-refractivity contribution is 5.69. The summed E-state index contributed by atoms with van der Waals surface area (Å²) in [5.74, 6) is 3.60. The Hall–Kier alpha value is -1.79. The fourth-order valence-electron chi connectivity index (χ4n) is 5.96. The van der Waals surface area contributed by atoms with Crippen LogP contribution in [0.5, 0.6) is 11.5 Å². The fraction of sp³-hybridized carbons (Fsp3) is 0.731. The fourth-order valence-corrected chi connectivity index (χ4v) is 5.96. The SMILES string of the molecule is COc1cc2c(cc1OC)C1CC(COC(=O)CC3CCNC3)C(CC(C)C)CN1CC2. The van der Waals surface area contributed by atoms with Crippen molar-refractivity contribution in [2.75, 3.05) is 47.0 Å². The van der Waals surface area contributed by atoms with Gasteiger partial charge in [0.05, 0.1) is 20.8 Å². The molecule has 0 saturated carbocycles. The Bertz CT molecular complexity index is 790. The number of hydrogen-bond donors (Lipinski definition) is 1. The lowest BCUT2D eigenvalue weighted by atomic mass is 9.74. The molecule has 1 aromatic carbocycles. The van der Waals surface area contributed by atoms with Crippen LogP contribution in [-0.4, -0.2) is 57.9 Å². The molecule has 6 heteroatoms. The van der Waals surface area contributed by atoms with Crippen LogP contribution in [0.25, 0.3) is 0 Å². The van der Waals surface area contributed by atoms with E-state index in [0.717, 1.165) is 56.9 Å². The van der Waals surface area contributed by atoms with Gasteiger partial charge >= 0.3 is 5.97 Å². The second kappa shape index (κ2) is 10.4. The smallest absolute Gasteiger partial charge is 0.306 e. The normalized spacial score (nSPS) is 27.7. The van der Waals surface area contributed by atoms with Crippen LogP contribution < -0.4 is 14.8 Å². The molecule has 3 heterocycles. The summed E-state index contributed by atoms with van der Waals surface area (Å²) in [5.41, 5.74) is 2.71. The summed E-state index contributed by atoms with van der Waals surface area (Å²) in [4.78, 5) is 15.2. The molecule has 2 fully saturated rings. The summed E-state index contributed by atoms with van der Waals surface area (Å²) < 4.78 is 17.0. The van der Waals surface area contributed by atoms with Gasteiger partial charge in [0, 0.05) is 25.6 Å². The first-order valence-electron chi connectivity index (χ1n) is 12.3. The van der Waals surface area contributed by atoms with Gasteiger partial charge in [0.25, 0.3) is 0 Å². The largest absolute Gasteiger partial charge is 0.493 e. The number of methoxy groups -OCH3 is 2. The van der Waals surface area contributed by atoms with Crippen molar-refractivity contribution < 1.29 is 19.0 Å². The molecule has 0 spiro atoms. The molecule has 0 amide bonds. The number of nitrogens with zero attached hydrogens (tertiary/aromatic N) is 1. The number of esters is 1. The van der Waals surface area contributed by atoms with Crippen molar-refractivity contribution in [3.05, 3.63) is 23.3 Å². The third-order valence-corrected chi connectivity index (χ3v) is 7.63. The van der Waals surface area contributed by atoms with Crippen molar-refractivity contribution in [2.45, 2.75) is 52.0 Å². The first kappa shape index (κ1) is 23.4. The second-order valence-electron chi connectivity index (χ2n) is 10.3. The third-order valence-electron chi connectivity index (χ3n) is 7.63. The quantitative estimate of drug-likeness (QED) is 0.615. The monoisotopic (exact) mass is 444 g/mol. The van der Waals surface area contributed by atoms with Crippen molar-refractivity contribution in [2.24, 2.45) is 23.7 Å². The van der Waals surface area contributed by atoms with Gasteiger partial charge in [-0.3, -0.25) is 9.69 Å². The zero-order valence-electron chi connectivity index (χ0n) is 20.2. The third kappa shape index (κ3) is 5.23. The Morgan fingerprint density at radius 1 is 1.19 bits per heavy atom. The lowest BCUT2D eigenvalue weighted by Gasteiger charge is -2.47. The van der Waals surface area contributed by atoms with E-state index < -0.39 is 0 Å². The van der Waals surface area contributed by atoms with Crippen LogP contribution in [0.3, 0.4) is 0 Å². The number of hydrogen-bond acceptors (Lipinski definition) is 6. The minimum absolute atomic E-state index is 0.0279. The van der Waals surface area contributed by atoms with Crippen molar-refractivity contribution >= 4 is 5.97 Å². The van der Waals surface area contributed by atoms with Gasteiger partial charge in [-0.05, 0) is 85.7 Å². The van der Waals surface area contributed by atoms with E-state index >= 15 is 0 Å². The van der Waals surface area contributed by atoms with E-state index in [0.29, 0.717) is 42.7 Å². The average molecular weight is 445 g/mol. The van der Waals surface area contributed by atoms with Crippen molar-refractivity contribution in [1.29, 1.82) is 0 Å². The summed E-state index contributed by atoms with van der Waals surface area (Å²) in [6.45, 7) is 9.24. The number of benzene rings is 1. The first-order valence-corrected chi connectivity index (χ1v) is 12.3. The molecule has 3 aliphatic rings. The van der Waals surface area contributed by atoms with Gasteiger partial charge in [0.1, 0.15) is 0 Å². The first-order chi connectivity index (χ1) is 15.5. The highest BCUT2D eigenvalue weighted by Gasteiger charge is 2.40. The minimum Gasteiger partial charge on any atom is -0.493 e. The Labute approximate surface area is 193 Å². The lowest BCUT2D eigenvalue weighted by Crippen LogP contribution is -2.47. The van der Waals surface area contributed by atoms with Gasteiger partial charge in [-0.25, -0.2) is 0 Å². The van der Waals surface area contributed by atoms with Crippen molar-refractivity contribution in [3.8, 4) is 11.5 Å². The zero-order chi connectivity index (χ0) is 22.7. The predicted molar refractivity (Wildman–Crippen MR) is 125 cm³/mol. The molecule has 1 aromatic rings. The summed E-state index contributed by atoms with van der Waals surface area (Å²) in [5, 5.41) is 3.34. The van der Waals surface area contributed by atoms with Gasteiger partial charge in [0.15, 0.2) is 11.5 Å². The Balaban J connectivity index is 1.48. The molecule has 32 heavy (non-hydrogen) atoms. The maximum absolute atomic E-state index is 12.5. The number of piperidine rings is 1. The summed E-state index contributed by atoms with van der Waals surface area (Å²) >= 11 is 0. The van der Waals surface area contributed by atoms with Gasteiger partial charge in [0.2, 0.25) is 0 Å². The van der Waals surface area contributed by atoms with Gasteiger partial charge in [-0.15, -0.1) is 0 Å². The minimum atomic E-state index is -0.0279. The molecular formula is C26H40N2O4. The average Bonchev–Trinajstić information content (AvgIpc) is 3.29. The van der Waals surface area contributed by atoms with Gasteiger partial charge < -0.3 is 19.5 Å². The van der Waals surface area contributed by atoms with Crippen LogP contribution in [0.15, 0.2) is 12.1 Å². The molecule has 0 radical (unpaired) electrons. The number of carbonyl (C=O) groups excluding carboxylic acids is 1. The van der Waals surface area contributed by atoms with Crippen LogP contribution in [-0.2, 0) is 16.0 Å². The zero-order valence-corrected chi connectivity index (χ0v) is 20.2. The number of rotatable bonds is 8. The van der Waals surface area contributed by atoms with Crippen LogP contribution >= 0.6 is 0 Å².